The Morgan fingerprint density at radius 3 is 3.00 bits per heavy atom. The molecule has 0 unspecified atom stereocenters. The molecule has 0 N–H and O–H groups in total. The van der Waals surface area contributed by atoms with E-state index in [0.29, 0.717) is 0 Å². The van der Waals surface area contributed by atoms with Gasteiger partial charge in [0.1, 0.15) is 5.75 Å². The fraction of sp³-hybridized carbons (Fsp3) is 0. The molecule has 2 nitrogen and oxygen atoms in total. The van der Waals surface area contributed by atoms with Crippen LogP contribution in [0.3, 0.4) is 0 Å². The molecule has 0 aliphatic heterocycles. The van der Waals surface area contributed by atoms with Crippen LogP contribution in [0.15, 0.2) is 36.7 Å². The van der Waals surface area contributed by atoms with E-state index in [1.165, 1.54) is 5.39 Å². The van der Waals surface area contributed by atoms with Gasteiger partial charge in [-0.15, -0.1) is 0 Å². The predicted octanol–water partition coefficient (Wildman–Crippen LogP) is 0.894. The second-order valence-corrected chi connectivity index (χ2v) is 2.97. The standard InChI is InChI=1S/C9H9NOSi/c12-11-9-3-1-2-7-4-5-10-6-8(7)9/h1-6H,12H3. The molecule has 2 aromatic rings. The summed E-state index contributed by atoms with van der Waals surface area (Å²) in [5, 5.41) is 2.27. The normalized spacial score (nSPS) is 10.3. The van der Waals surface area contributed by atoms with Crippen molar-refractivity contribution in [3.8, 4) is 5.75 Å². The zero-order chi connectivity index (χ0) is 8.39. The smallest absolute Gasteiger partial charge is 0.204 e. The average molecular weight is 175 g/mol. The zero-order valence-electron chi connectivity index (χ0n) is 6.82. The van der Waals surface area contributed by atoms with Crippen molar-refractivity contribution in [3.05, 3.63) is 36.7 Å². The third-order valence-electron chi connectivity index (χ3n) is 1.86. The summed E-state index contributed by atoms with van der Waals surface area (Å²) in [6.07, 6.45) is 3.63. The van der Waals surface area contributed by atoms with Crippen LogP contribution in [0.2, 0.25) is 0 Å². The molecule has 0 saturated carbocycles. The minimum Gasteiger partial charge on any atom is -0.553 e. The number of rotatable bonds is 1. The van der Waals surface area contributed by atoms with Crippen LogP contribution in [0.25, 0.3) is 10.8 Å². The van der Waals surface area contributed by atoms with Gasteiger partial charge in [0.15, 0.2) is 0 Å². The van der Waals surface area contributed by atoms with Gasteiger partial charge >= 0.3 is 0 Å². The second kappa shape index (κ2) is 2.95. The summed E-state index contributed by atoms with van der Waals surface area (Å²) >= 11 is 0. The summed E-state index contributed by atoms with van der Waals surface area (Å²) in [5.74, 6) is 0.937. The Bertz CT molecular complexity index is 397. The Balaban J connectivity index is 2.79. The molecule has 1 heterocycles. The van der Waals surface area contributed by atoms with Crippen LogP contribution >= 0.6 is 0 Å². The molecule has 0 radical (unpaired) electrons. The van der Waals surface area contributed by atoms with Gasteiger partial charge in [-0.05, 0) is 17.5 Å². The minimum absolute atomic E-state index is 0.719. The Hall–Kier alpha value is -1.35. The largest absolute Gasteiger partial charge is 0.553 e. The van der Waals surface area contributed by atoms with Gasteiger partial charge in [-0.25, -0.2) is 0 Å². The monoisotopic (exact) mass is 175 g/mol. The number of hydrogen-bond acceptors (Lipinski definition) is 2. The maximum Gasteiger partial charge on any atom is 0.204 e. The van der Waals surface area contributed by atoms with Crippen LogP contribution in [0.1, 0.15) is 0 Å². The van der Waals surface area contributed by atoms with Crippen molar-refractivity contribution >= 4 is 21.3 Å². The highest BCUT2D eigenvalue weighted by atomic mass is 28.2. The van der Waals surface area contributed by atoms with Gasteiger partial charge in [0.2, 0.25) is 10.5 Å². The fourth-order valence-electron chi connectivity index (χ4n) is 1.26. The molecule has 0 bridgehead atoms. The van der Waals surface area contributed by atoms with Gasteiger partial charge in [-0.1, -0.05) is 12.1 Å². The minimum atomic E-state index is 0.719. The summed E-state index contributed by atoms with van der Waals surface area (Å²) in [6.45, 7) is 0. The Kier molecular flexibility index (Phi) is 1.79. The van der Waals surface area contributed by atoms with E-state index in [1.807, 2.05) is 24.4 Å². The van der Waals surface area contributed by atoms with E-state index in [0.717, 1.165) is 21.6 Å². The van der Waals surface area contributed by atoms with Crippen LogP contribution < -0.4 is 4.43 Å². The molecule has 1 aromatic carbocycles. The SMILES string of the molecule is [SiH3]Oc1cccc2ccncc12. The molecule has 0 aliphatic rings. The summed E-state index contributed by atoms with van der Waals surface area (Å²) < 4.78 is 5.33. The maximum absolute atomic E-state index is 5.33. The van der Waals surface area contributed by atoms with E-state index in [-0.39, 0.29) is 0 Å². The van der Waals surface area contributed by atoms with Crippen LogP contribution in [0, 0.1) is 0 Å². The molecule has 0 fully saturated rings. The van der Waals surface area contributed by atoms with Crippen molar-refractivity contribution in [1.29, 1.82) is 0 Å². The zero-order valence-corrected chi connectivity index (χ0v) is 8.82. The van der Waals surface area contributed by atoms with Crippen molar-refractivity contribution in [3.63, 3.8) is 0 Å². The van der Waals surface area contributed by atoms with Crippen molar-refractivity contribution in [1.82, 2.24) is 4.98 Å². The molecule has 0 atom stereocenters. The fourth-order valence-corrected chi connectivity index (χ4v) is 1.62. The van der Waals surface area contributed by atoms with Gasteiger partial charge in [-0.2, -0.15) is 0 Å². The molecule has 3 heteroatoms. The Morgan fingerprint density at radius 1 is 1.25 bits per heavy atom. The quantitative estimate of drug-likeness (QED) is 0.601. The molecular formula is C9H9NOSi. The van der Waals surface area contributed by atoms with E-state index >= 15 is 0 Å². The molecule has 0 spiro atoms. The lowest BCUT2D eigenvalue weighted by molar-refractivity contribution is 0.623. The van der Waals surface area contributed by atoms with E-state index in [9.17, 15) is 0 Å². The van der Waals surface area contributed by atoms with Crippen LogP contribution in [-0.4, -0.2) is 15.5 Å². The third-order valence-corrected chi connectivity index (χ3v) is 2.30. The lowest BCUT2D eigenvalue weighted by Crippen LogP contribution is -1.86. The number of pyridine rings is 1. The van der Waals surface area contributed by atoms with E-state index < -0.39 is 0 Å². The maximum atomic E-state index is 5.33. The van der Waals surface area contributed by atoms with Gasteiger partial charge in [0, 0.05) is 17.8 Å². The average Bonchev–Trinajstić information content (AvgIpc) is 2.17. The summed E-state index contributed by atoms with van der Waals surface area (Å²) in [7, 11) is 0.719. The summed E-state index contributed by atoms with van der Waals surface area (Å²) in [6, 6.07) is 8.01. The highest BCUT2D eigenvalue weighted by Gasteiger charge is 1.97. The van der Waals surface area contributed by atoms with Crippen molar-refractivity contribution in [2.45, 2.75) is 0 Å². The van der Waals surface area contributed by atoms with Crippen molar-refractivity contribution < 1.29 is 4.43 Å². The third kappa shape index (κ3) is 1.08. The number of aromatic nitrogens is 1. The Morgan fingerprint density at radius 2 is 2.17 bits per heavy atom. The molecule has 12 heavy (non-hydrogen) atoms. The first-order valence-electron chi connectivity index (χ1n) is 3.78. The number of benzene rings is 1. The van der Waals surface area contributed by atoms with E-state index in [1.54, 1.807) is 6.20 Å². The molecule has 0 saturated heterocycles. The predicted molar refractivity (Wildman–Crippen MR) is 52.3 cm³/mol. The van der Waals surface area contributed by atoms with Gasteiger partial charge < -0.3 is 4.43 Å². The van der Waals surface area contributed by atoms with E-state index in [4.69, 9.17) is 4.43 Å². The van der Waals surface area contributed by atoms with Gasteiger partial charge in [0.05, 0.1) is 0 Å². The van der Waals surface area contributed by atoms with Crippen LogP contribution in [-0.2, 0) is 0 Å². The first-order chi connectivity index (χ1) is 5.92. The topological polar surface area (TPSA) is 22.1 Å². The molecule has 0 amide bonds. The number of hydrogen-bond donors (Lipinski definition) is 0. The van der Waals surface area contributed by atoms with E-state index in [2.05, 4.69) is 11.1 Å². The molecule has 60 valence electrons. The molecule has 2 rings (SSSR count). The Labute approximate surface area is 73.7 Å². The van der Waals surface area contributed by atoms with Crippen molar-refractivity contribution in [2.75, 3.05) is 0 Å². The highest BCUT2D eigenvalue weighted by Crippen LogP contribution is 2.23. The summed E-state index contributed by atoms with van der Waals surface area (Å²) in [5.41, 5.74) is 0. The highest BCUT2D eigenvalue weighted by molar-refractivity contribution is 6.02. The van der Waals surface area contributed by atoms with Crippen molar-refractivity contribution in [2.24, 2.45) is 0 Å². The first-order valence-corrected chi connectivity index (χ1v) is 4.60. The van der Waals surface area contributed by atoms with Crippen LogP contribution in [0.5, 0.6) is 5.75 Å². The molecule has 1 aromatic heterocycles. The lowest BCUT2D eigenvalue weighted by Gasteiger charge is -2.03. The first kappa shape index (κ1) is 7.30. The van der Waals surface area contributed by atoms with Crippen LogP contribution in [0.4, 0.5) is 0 Å². The molecular weight excluding hydrogens is 166 g/mol. The second-order valence-electron chi connectivity index (χ2n) is 2.56. The number of nitrogens with zero attached hydrogens (tertiary/aromatic N) is 1. The van der Waals surface area contributed by atoms with Gasteiger partial charge in [-0.3, -0.25) is 4.98 Å². The van der Waals surface area contributed by atoms with Gasteiger partial charge in [0.25, 0.3) is 0 Å². The number of fused-ring (bicyclic) bond motifs is 1. The molecule has 0 aliphatic carbocycles. The lowest BCUT2D eigenvalue weighted by atomic mass is 10.2. The summed E-state index contributed by atoms with van der Waals surface area (Å²) in [4.78, 5) is 4.06.